The molecule has 138 valence electrons. The molecule has 1 atom stereocenters. The van der Waals surface area contributed by atoms with Crippen LogP contribution < -0.4 is 9.64 Å². The molecule has 0 N–H and O–H groups in total. The third-order valence-corrected chi connectivity index (χ3v) is 5.55. The Hall–Kier alpha value is -3.40. The zero-order chi connectivity index (χ0) is 19.1. The van der Waals surface area contributed by atoms with Gasteiger partial charge < -0.3 is 9.64 Å². The Labute approximate surface area is 164 Å². The van der Waals surface area contributed by atoms with Gasteiger partial charge in [0.05, 0.1) is 19.3 Å². The number of fused-ring (bicyclic) bond motifs is 3. The lowest BCUT2D eigenvalue weighted by molar-refractivity contribution is 0.415. The Morgan fingerprint density at radius 2 is 2.04 bits per heavy atom. The maximum Gasteiger partial charge on any atom is 0.119 e. The van der Waals surface area contributed by atoms with Gasteiger partial charge in [0.2, 0.25) is 0 Å². The van der Waals surface area contributed by atoms with Gasteiger partial charge in [0.25, 0.3) is 0 Å². The van der Waals surface area contributed by atoms with E-state index in [2.05, 4.69) is 64.3 Å². The van der Waals surface area contributed by atoms with Gasteiger partial charge in [-0.15, -0.1) is 0 Å². The predicted octanol–water partition coefficient (Wildman–Crippen LogP) is 5.27. The molecule has 2 aromatic carbocycles. The topological polar surface area (TPSA) is 37.7 Å². The first kappa shape index (κ1) is 16.8. The number of hydrogen-bond acceptors (Lipinski definition) is 4. The lowest BCUT2D eigenvalue weighted by Gasteiger charge is -2.25. The Balaban J connectivity index is 1.59. The molecule has 0 saturated heterocycles. The molecule has 4 nitrogen and oxygen atoms in total. The van der Waals surface area contributed by atoms with Crippen molar-refractivity contribution in [2.45, 2.75) is 12.8 Å². The van der Waals surface area contributed by atoms with Crippen molar-refractivity contribution >= 4 is 17.6 Å². The molecule has 3 aromatic rings. The van der Waals surface area contributed by atoms with Crippen molar-refractivity contribution in [2.24, 2.45) is 4.99 Å². The molecular formula is C24H21N3O. The minimum Gasteiger partial charge on any atom is -0.497 e. The number of nitrogens with zero attached hydrogens (tertiary/aromatic N) is 3. The van der Waals surface area contributed by atoms with Crippen LogP contribution in [-0.4, -0.2) is 24.9 Å². The van der Waals surface area contributed by atoms with Crippen LogP contribution in [0.3, 0.4) is 0 Å². The van der Waals surface area contributed by atoms with Crippen molar-refractivity contribution in [3.63, 3.8) is 0 Å². The van der Waals surface area contributed by atoms with Gasteiger partial charge in [-0.3, -0.25) is 9.98 Å². The second-order valence-electron chi connectivity index (χ2n) is 7.16. The van der Waals surface area contributed by atoms with Crippen LogP contribution in [0.25, 0.3) is 11.1 Å². The maximum absolute atomic E-state index is 5.39. The first-order valence-corrected chi connectivity index (χ1v) is 9.45. The van der Waals surface area contributed by atoms with Crippen molar-refractivity contribution in [1.29, 1.82) is 0 Å². The van der Waals surface area contributed by atoms with E-state index in [0.717, 1.165) is 17.9 Å². The highest BCUT2D eigenvalue weighted by Gasteiger charge is 2.35. The molecule has 0 spiro atoms. The highest BCUT2D eigenvalue weighted by atomic mass is 16.5. The number of aryl methyl sites for hydroxylation is 1. The van der Waals surface area contributed by atoms with Crippen LogP contribution in [0.5, 0.6) is 5.75 Å². The van der Waals surface area contributed by atoms with Gasteiger partial charge in [0.15, 0.2) is 0 Å². The molecule has 2 aliphatic rings. The fourth-order valence-corrected chi connectivity index (χ4v) is 4.19. The highest BCUT2D eigenvalue weighted by Crippen LogP contribution is 2.48. The summed E-state index contributed by atoms with van der Waals surface area (Å²) < 4.78 is 5.39. The lowest BCUT2D eigenvalue weighted by Crippen LogP contribution is -2.17. The molecule has 4 heteroatoms. The minimum atomic E-state index is 0.284. The zero-order valence-electron chi connectivity index (χ0n) is 16.0. The Morgan fingerprint density at radius 3 is 2.89 bits per heavy atom. The molecule has 1 unspecified atom stereocenters. The van der Waals surface area contributed by atoms with E-state index >= 15 is 0 Å². The molecule has 0 fully saturated rings. The van der Waals surface area contributed by atoms with Crippen LogP contribution in [-0.2, 0) is 0 Å². The molecule has 5 rings (SSSR count). The van der Waals surface area contributed by atoms with E-state index in [9.17, 15) is 0 Å². The third kappa shape index (κ3) is 2.61. The van der Waals surface area contributed by atoms with Gasteiger partial charge in [-0.1, -0.05) is 18.2 Å². The van der Waals surface area contributed by atoms with Crippen molar-refractivity contribution in [1.82, 2.24) is 4.98 Å². The molecule has 0 saturated carbocycles. The molecule has 0 bridgehead atoms. The molecule has 0 aliphatic carbocycles. The van der Waals surface area contributed by atoms with Crippen LogP contribution in [0.15, 0.2) is 77.7 Å². The van der Waals surface area contributed by atoms with E-state index in [1.165, 1.54) is 33.8 Å². The lowest BCUT2D eigenvalue weighted by atomic mass is 9.98. The standard InChI is InChI=1S/C24H21N3O/c1-16-12-18(6-7-20(16)17-4-3-5-19(13-17)28-2)27-23-8-10-25-14-21(23)22-15-26-11-9-24(22)27/h3-14,22H,15H2,1-2H3. The number of aromatic nitrogens is 1. The maximum atomic E-state index is 5.39. The van der Waals surface area contributed by atoms with E-state index in [4.69, 9.17) is 4.74 Å². The second-order valence-corrected chi connectivity index (χ2v) is 7.16. The van der Waals surface area contributed by atoms with Crippen LogP contribution in [0.1, 0.15) is 17.0 Å². The fraction of sp³-hybridized carbons (Fsp3) is 0.167. The van der Waals surface area contributed by atoms with E-state index in [0.29, 0.717) is 0 Å². The summed E-state index contributed by atoms with van der Waals surface area (Å²) in [4.78, 5) is 11.2. The van der Waals surface area contributed by atoms with Crippen LogP contribution in [0.2, 0.25) is 0 Å². The van der Waals surface area contributed by atoms with Gasteiger partial charge in [-0.25, -0.2) is 0 Å². The fourth-order valence-electron chi connectivity index (χ4n) is 4.19. The van der Waals surface area contributed by atoms with Gasteiger partial charge in [0.1, 0.15) is 5.75 Å². The number of allylic oxidation sites excluding steroid dienone is 1. The summed E-state index contributed by atoms with van der Waals surface area (Å²) in [6.45, 7) is 2.94. The number of hydrogen-bond donors (Lipinski definition) is 0. The summed E-state index contributed by atoms with van der Waals surface area (Å²) in [5.41, 5.74) is 8.50. The van der Waals surface area contributed by atoms with Gasteiger partial charge in [-0.05, 0) is 60.0 Å². The number of methoxy groups -OCH3 is 1. The van der Waals surface area contributed by atoms with Crippen molar-refractivity contribution < 1.29 is 4.74 Å². The first-order valence-electron chi connectivity index (χ1n) is 9.45. The van der Waals surface area contributed by atoms with Crippen molar-refractivity contribution in [3.8, 4) is 16.9 Å². The summed E-state index contributed by atoms with van der Waals surface area (Å²) in [5, 5.41) is 0. The van der Waals surface area contributed by atoms with Gasteiger partial charge >= 0.3 is 0 Å². The van der Waals surface area contributed by atoms with Gasteiger partial charge in [0, 0.05) is 41.5 Å². The average molecular weight is 367 g/mol. The average Bonchev–Trinajstić information content (AvgIpc) is 3.08. The Bertz CT molecular complexity index is 1120. The van der Waals surface area contributed by atoms with Crippen LogP contribution >= 0.6 is 0 Å². The van der Waals surface area contributed by atoms with E-state index in [1.54, 1.807) is 7.11 Å². The molecular weight excluding hydrogens is 346 g/mol. The number of anilines is 2. The quantitative estimate of drug-likeness (QED) is 0.633. The largest absolute Gasteiger partial charge is 0.497 e. The second kappa shape index (κ2) is 6.64. The van der Waals surface area contributed by atoms with Crippen LogP contribution in [0.4, 0.5) is 11.4 Å². The summed E-state index contributed by atoms with van der Waals surface area (Å²) in [6.07, 6.45) is 7.88. The predicted molar refractivity (Wildman–Crippen MR) is 114 cm³/mol. The third-order valence-electron chi connectivity index (χ3n) is 5.55. The molecule has 1 aromatic heterocycles. The molecule has 0 radical (unpaired) electrons. The summed E-state index contributed by atoms with van der Waals surface area (Å²) in [7, 11) is 1.70. The number of ether oxygens (including phenoxy) is 1. The number of benzene rings is 2. The molecule has 2 aliphatic heterocycles. The smallest absolute Gasteiger partial charge is 0.119 e. The zero-order valence-corrected chi connectivity index (χ0v) is 16.0. The van der Waals surface area contributed by atoms with E-state index < -0.39 is 0 Å². The first-order chi connectivity index (χ1) is 13.8. The number of dihydropyridines is 1. The van der Waals surface area contributed by atoms with E-state index in [-0.39, 0.29) is 5.92 Å². The highest BCUT2D eigenvalue weighted by molar-refractivity contribution is 5.85. The molecule has 0 amide bonds. The number of aliphatic imine (C=N–C) groups is 1. The Morgan fingerprint density at radius 1 is 1.11 bits per heavy atom. The minimum absolute atomic E-state index is 0.284. The monoisotopic (exact) mass is 367 g/mol. The Kier molecular flexibility index (Phi) is 3.97. The van der Waals surface area contributed by atoms with Crippen molar-refractivity contribution in [2.75, 3.05) is 18.6 Å². The SMILES string of the molecule is COc1cccc(-c2ccc(N3C4=CC=NCC4c4cnccc43)cc2C)c1. The van der Waals surface area contributed by atoms with E-state index in [1.807, 2.05) is 30.7 Å². The van der Waals surface area contributed by atoms with Crippen LogP contribution in [0, 0.1) is 6.92 Å². The normalized spacial score (nSPS) is 17.1. The van der Waals surface area contributed by atoms with Crippen molar-refractivity contribution in [3.05, 3.63) is 83.8 Å². The number of rotatable bonds is 3. The van der Waals surface area contributed by atoms with Gasteiger partial charge in [-0.2, -0.15) is 0 Å². The summed E-state index contributed by atoms with van der Waals surface area (Å²) in [5.74, 6) is 1.16. The summed E-state index contributed by atoms with van der Waals surface area (Å²) in [6, 6.07) is 17.0. The molecule has 3 heterocycles. The summed E-state index contributed by atoms with van der Waals surface area (Å²) >= 11 is 0. The molecule has 28 heavy (non-hydrogen) atoms. The number of pyridine rings is 1.